The molecule has 5 aliphatic carbocycles. The summed E-state index contributed by atoms with van der Waals surface area (Å²) in [5.74, 6) is 0. The van der Waals surface area contributed by atoms with Gasteiger partial charge in [0.2, 0.25) is 0 Å². The van der Waals surface area contributed by atoms with E-state index in [0.717, 1.165) is 43.3 Å². The highest BCUT2D eigenvalue weighted by Gasteiger charge is 2.29. The van der Waals surface area contributed by atoms with Gasteiger partial charge in [0.25, 0.3) is 0 Å². The predicted molar refractivity (Wildman–Crippen MR) is 544 cm³/mol. The molecule has 0 bridgehead atoms. The maximum Gasteiger partial charge on any atom is 0.143 e. The summed E-state index contributed by atoms with van der Waals surface area (Å²) in [5, 5.41) is 10.3. The highest BCUT2D eigenvalue weighted by atomic mass is 16.3. The second kappa shape index (κ2) is 31.8. The van der Waals surface area contributed by atoms with Gasteiger partial charge in [0.1, 0.15) is 11.2 Å². The number of anilines is 3. The molecule has 612 valence electrons. The lowest BCUT2D eigenvalue weighted by Gasteiger charge is -2.26. The van der Waals surface area contributed by atoms with Gasteiger partial charge in [-0.1, -0.05) is 340 Å². The van der Waals surface area contributed by atoms with Crippen molar-refractivity contribution in [3.8, 4) is 83.8 Å². The number of fused-ring (bicyclic) bond motifs is 29. The summed E-state index contributed by atoms with van der Waals surface area (Å²) in [5.41, 5.74) is 47.2. The third-order valence-corrected chi connectivity index (χ3v) is 27.4. The fourth-order valence-corrected chi connectivity index (χ4v) is 21.5. The van der Waals surface area contributed by atoms with Gasteiger partial charge in [-0.15, -0.1) is 0 Å². The summed E-state index contributed by atoms with van der Waals surface area (Å²) >= 11 is 0. The average molecular weight is 1660 g/mol. The van der Waals surface area contributed by atoms with E-state index in [1.54, 1.807) is 0 Å². The second-order valence-corrected chi connectivity index (χ2v) is 34.8. The Morgan fingerprint density at radius 3 is 1.14 bits per heavy atom. The summed E-state index contributed by atoms with van der Waals surface area (Å²) in [6.45, 7) is 0. The van der Waals surface area contributed by atoms with Crippen molar-refractivity contribution in [1.82, 2.24) is 13.7 Å². The molecule has 4 aromatic heterocycles. The van der Waals surface area contributed by atoms with E-state index >= 15 is 0 Å². The second-order valence-electron chi connectivity index (χ2n) is 34.8. The summed E-state index contributed by atoms with van der Waals surface area (Å²) in [7, 11) is 0. The molecule has 0 unspecified atom stereocenters. The number of furan rings is 1. The molecule has 0 saturated heterocycles. The maximum absolute atomic E-state index is 6.15. The standard InChI is InChI=1S/C31H21N.2C25H17N.C25H19N.C19H12O/c1-2-9-25(10-3-1)32-30-13-7-6-12-27(30)29-20-22(16-17-31(29)32)21-14-15-24-18-23-8-4-5-11-26(23)28(24)19-21;1-2-8-20-17(7-1)15-18-13-14-19(16-23(18)20)26-24-11-5-3-9-21(24)22-10-4-6-12-25(22)26;1-2-9-18(10-3-1)26-24-13-7-6-12-21(24)22-15-14-20-19-11-5-4-8-17(19)16-23(20)25(22)26;1-3-10-21(11-4-1)26(22-12-5-2-6-13-22)23-16-15-20-17-19-9-7-8-14-24(19)25(20)18-23;1-2-6-14-12(5-1)11-13-9-10-16-15-7-3-4-8-17(15)20-19(16)18(13)14/h1-17,19-20H,18H2;1-14,16H,15H2;1-15H,16H2;1-16,18H,17H2;1-10H,11H2. The number of nitrogens with zero attached hydrogens (tertiary/aromatic N) is 4. The van der Waals surface area contributed by atoms with Gasteiger partial charge in [0.15, 0.2) is 0 Å². The van der Waals surface area contributed by atoms with E-state index in [2.05, 4.69) is 468 Å². The first kappa shape index (κ1) is 75.9. The van der Waals surface area contributed by atoms with Crippen LogP contribution in [-0.4, -0.2) is 13.7 Å². The van der Waals surface area contributed by atoms with Crippen molar-refractivity contribution < 1.29 is 4.42 Å². The monoisotopic (exact) mass is 1660 g/mol. The summed E-state index contributed by atoms with van der Waals surface area (Å²) < 4.78 is 13.4. The van der Waals surface area contributed by atoms with Crippen LogP contribution in [0.25, 0.3) is 171 Å². The van der Waals surface area contributed by atoms with Gasteiger partial charge in [-0.3, -0.25) is 0 Å². The number of rotatable bonds is 7. The molecule has 0 amide bonds. The molecule has 0 aliphatic heterocycles. The molecule has 0 spiro atoms. The molecule has 24 aromatic rings. The molecule has 5 nitrogen and oxygen atoms in total. The Hall–Kier alpha value is -16.6. The van der Waals surface area contributed by atoms with E-state index in [0.29, 0.717) is 0 Å². The minimum absolute atomic E-state index is 0.972. The van der Waals surface area contributed by atoms with Crippen molar-refractivity contribution in [2.75, 3.05) is 4.90 Å². The molecule has 29 rings (SSSR count). The number of aromatic nitrogens is 3. The van der Waals surface area contributed by atoms with E-state index in [-0.39, 0.29) is 0 Å². The Morgan fingerprint density at radius 2 is 0.562 bits per heavy atom. The molecular formula is C125H86N4O. The van der Waals surface area contributed by atoms with Crippen LogP contribution < -0.4 is 4.90 Å². The SMILES string of the molecule is c1ccc(-n2c3ccccc3c3cc(-c4ccc5c(c4)-c4ccccc4C5)ccc32)cc1.c1ccc(-n2c3ccccc3c3ccc4c(c32)Cc2ccccc2-4)cc1.c1ccc(N(c2ccccc2)c2ccc3c(c2)-c2ccccc2C3)cc1.c1ccc2c(c1)Cc1ccc(-n3c4ccccc4c4ccccc43)cc1-2.c1ccc2c(c1)Cc1ccc3c(oc4ccccc43)c1-2. The first-order valence-corrected chi connectivity index (χ1v) is 45.3. The van der Waals surface area contributed by atoms with E-state index in [1.165, 1.54) is 233 Å². The zero-order valence-corrected chi connectivity index (χ0v) is 71.6. The first-order valence-electron chi connectivity index (χ1n) is 45.3. The van der Waals surface area contributed by atoms with Gasteiger partial charge in [0.05, 0.1) is 33.1 Å². The zero-order valence-electron chi connectivity index (χ0n) is 71.6. The maximum atomic E-state index is 6.15. The molecular weight excluding hydrogens is 1570 g/mol. The third-order valence-electron chi connectivity index (χ3n) is 27.4. The van der Waals surface area contributed by atoms with Crippen LogP contribution in [0.4, 0.5) is 17.1 Å². The molecule has 5 aliphatic rings. The van der Waals surface area contributed by atoms with Crippen LogP contribution in [0.3, 0.4) is 0 Å². The Labute approximate surface area is 754 Å². The Kier molecular flexibility index (Phi) is 18.6. The Morgan fingerprint density at radius 1 is 0.192 bits per heavy atom. The smallest absolute Gasteiger partial charge is 0.143 e. The molecule has 0 radical (unpaired) electrons. The molecule has 0 atom stereocenters. The van der Waals surface area contributed by atoms with E-state index < -0.39 is 0 Å². The molecule has 4 heterocycles. The molecule has 0 fully saturated rings. The highest BCUT2D eigenvalue weighted by Crippen LogP contribution is 2.50. The van der Waals surface area contributed by atoms with Crippen LogP contribution in [0.2, 0.25) is 0 Å². The highest BCUT2D eigenvalue weighted by molar-refractivity contribution is 6.15. The van der Waals surface area contributed by atoms with Crippen LogP contribution in [0.1, 0.15) is 55.6 Å². The summed E-state index contributed by atoms with van der Waals surface area (Å²) in [6, 6.07) is 166. The fourth-order valence-electron chi connectivity index (χ4n) is 21.5. The van der Waals surface area contributed by atoms with Crippen molar-refractivity contribution in [2.24, 2.45) is 0 Å². The zero-order chi connectivity index (χ0) is 85.7. The van der Waals surface area contributed by atoms with Crippen molar-refractivity contribution >= 4 is 104 Å². The minimum Gasteiger partial charge on any atom is -0.455 e. The number of benzene rings is 20. The van der Waals surface area contributed by atoms with Gasteiger partial charge in [0, 0.05) is 89.2 Å². The molecule has 0 N–H and O–H groups in total. The third kappa shape index (κ3) is 13.0. The van der Waals surface area contributed by atoms with Crippen molar-refractivity contribution in [1.29, 1.82) is 0 Å². The summed E-state index contributed by atoms with van der Waals surface area (Å²) in [6.07, 6.45) is 5.13. The van der Waals surface area contributed by atoms with Crippen LogP contribution in [0.15, 0.2) is 465 Å². The molecule has 5 heteroatoms. The van der Waals surface area contributed by atoms with Gasteiger partial charge < -0.3 is 23.0 Å². The number of hydrogen-bond acceptors (Lipinski definition) is 2. The van der Waals surface area contributed by atoms with E-state index in [1.807, 2.05) is 12.1 Å². The Bertz CT molecular complexity index is 8490. The van der Waals surface area contributed by atoms with Crippen LogP contribution in [-0.2, 0) is 32.1 Å². The lowest BCUT2D eigenvalue weighted by atomic mass is 9.97. The predicted octanol–water partition coefficient (Wildman–Crippen LogP) is 32.6. The van der Waals surface area contributed by atoms with Crippen molar-refractivity contribution in [3.05, 3.63) is 517 Å². The topological polar surface area (TPSA) is 31.2 Å². The number of para-hydroxylation sites is 9. The lowest BCUT2D eigenvalue weighted by molar-refractivity contribution is 0.670. The molecule has 20 aromatic carbocycles. The molecule has 130 heavy (non-hydrogen) atoms. The minimum atomic E-state index is 0.972. The normalized spacial score (nSPS) is 12.3. The largest absolute Gasteiger partial charge is 0.455 e. The van der Waals surface area contributed by atoms with Crippen LogP contribution >= 0.6 is 0 Å². The van der Waals surface area contributed by atoms with E-state index in [9.17, 15) is 0 Å². The molecule has 0 saturated carbocycles. The van der Waals surface area contributed by atoms with Crippen molar-refractivity contribution in [2.45, 2.75) is 32.1 Å². The quantitative estimate of drug-likeness (QED) is 0.159. The Balaban J connectivity index is 0.0000000883. The van der Waals surface area contributed by atoms with Gasteiger partial charge in [-0.25, -0.2) is 0 Å². The first-order chi connectivity index (χ1) is 64.5. The number of hydrogen-bond donors (Lipinski definition) is 0. The van der Waals surface area contributed by atoms with Gasteiger partial charge >= 0.3 is 0 Å². The van der Waals surface area contributed by atoms with Crippen LogP contribution in [0.5, 0.6) is 0 Å². The lowest BCUT2D eigenvalue weighted by Crippen LogP contribution is -2.09. The van der Waals surface area contributed by atoms with Crippen LogP contribution in [0, 0.1) is 0 Å². The van der Waals surface area contributed by atoms with Gasteiger partial charge in [-0.05, 0) is 264 Å². The average Bonchev–Trinajstić information content (AvgIpc) is 1.56. The summed E-state index contributed by atoms with van der Waals surface area (Å²) in [4.78, 5) is 2.32. The van der Waals surface area contributed by atoms with E-state index in [4.69, 9.17) is 4.42 Å². The van der Waals surface area contributed by atoms with Crippen molar-refractivity contribution in [3.63, 3.8) is 0 Å². The van der Waals surface area contributed by atoms with Gasteiger partial charge in [-0.2, -0.15) is 0 Å². The fraction of sp³-hybridized carbons (Fsp3) is 0.0400.